The van der Waals surface area contributed by atoms with Gasteiger partial charge in [0, 0.05) is 42.1 Å². The van der Waals surface area contributed by atoms with E-state index in [1.807, 2.05) is 42.5 Å². The number of methoxy groups -OCH3 is 1. The van der Waals surface area contributed by atoms with Crippen LogP contribution in [-0.4, -0.2) is 23.0 Å². The monoisotopic (exact) mass is 428 g/mol. The molecule has 0 aliphatic carbocycles. The summed E-state index contributed by atoms with van der Waals surface area (Å²) in [7, 11) is 1.64. The maximum atomic E-state index is 12.3. The number of pyridine rings is 1. The van der Waals surface area contributed by atoms with Crippen LogP contribution < -0.4 is 15.4 Å². The number of urea groups is 1. The Bertz CT molecular complexity index is 1290. The van der Waals surface area contributed by atoms with Gasteiger partial charge in [-0.05, 0) is 52.4 Å². The zero-order chi connectivity index (χ0) is 22.5. The van der Waals surface area contributed by atoms with E-state index in [0.717, 1.165) is 33.2 Å². The molecule has 8 heteroatoms. The van der Waals surface area contributed by atoms with Gasteiger partial charge < -0.3 is 15.4 Å². The highest BCUT2D eigenvalue weighted by molar-refractivity contribution is 5.98. The molecule has 0 unspecified atom stereocenters. The normalized spacial score (nSPS) is 10.5. The van der Waals surface area contributed by atoms with Crippen molar-refractivity contribution in [2.24, 2.45) is 0 Å². The van der Waals surface area contributed by atoms with Crippen molar-refractivity contribution in [2.45, 2.75) is 6.54 Å². The molecule has 2 N–H and O–H groups in total. The molecule has 3 aromatic carbocycles. The van der Waals surface area contributed by atoms with E-state index in [-0.39, 0.29) is 5.69 Å². The first-order chi connectivity index (χ1) is 15.5. The molecule has 4 aromatic rings. The zero-order valence-corrected chi connectivity index (χ0v) is 17.2. The fourth-order valence-electron chi connectivity index (χ4n) is 3.46. The minimum atomic E-state index is -0.488. The van der Waals surface area contributed by atoms with Crippen molar-refractivity contribution < 1.29 is 14.5 Å². The molecule has 0 radical (unpaired) electrons. The highest BCUT2D eigenvalue weighted by atomic mass is 16.6. The fraction of sp³-hybridized carbons (Fsp3) is 0.0833. The number of fused-ring (bicyclic) bond motifs is 1. The molecule has 0 atom stereocenters. The smallest absolute Gasteiger partial charge is 0.319 e. The van der Waals surface area contributed by atoms with Gasteiger partial charge in [-0.3, -0.25) is 15.1 Å². The second-order valence-corrected chi connectivity index (χ2v) is 7.04. The summed E-state index contributed by atoms with van der Waals surface area (Å²) in [6.45, 7) is 0.291. The molecule has 0 spiro atoms. The van der Waals surface area contributed by atoms with Gasteiger partial charge in [-0.1, -0.05) is 24.3 Å². The van der Waals surface area contributed by atoms with E-state index >= 15 is 0 Å². The summed E-state index contributed by atoms with van der Waals surface area (Å²) >= 11 is 0. The number of nitrogens with zero attached hydrogens (tertiary/aromatic N) is 2. The van der Waals surface area contributed by atoms with Crippen molar-refractivity contribution in [3.05, 3.63) is 94.8 Å². The summed E-state index contributed by atoms with van der Waals surface area (Å²) in [5.41, 5.74) is 3.41. The van der Waals surface area contributed by atoms with Crippen molar-refractivity contribution in [3.8, 4) is 16.9 Å². The fourth-order valence-corrected chi connectivity index (χ4v) is 3.46. The highest BCUT2D eigenvalue weighted by Crippen LogP contribution is 2.32. The largest absolute Gasteiger partial charge is 0.497 e. The molecular weight excluding hydrogens is 408 g/mol. The van der Waals surface area contributed by atoms with Crippen LogP contribution >= 0.6 is 0 Å². The third-order valence-electron chi connectivity index (χ3n) is 5.06. The quantitative estimate of drug-likeness (QED) is 0.327. The van der Waals surface area contributed by atoms with Crippen LogP contribution in [0.5, 0.6) is 5.75 Å². The molecule has 0 fully saturated rings. The van der Waals surface area contributed by atoms with Crippen molar-refractivity contribution in [1.29, 1.82) is 0 Å². The number of carbonyl (C=O) groups excluding carboxylic acids is 1. The van der Waals surface area contributed by atoms with E-state index in [4.69, 9.17) is 4.74 Å². The average molecular weight is 428 g/mol. The molecule has 160 valence electrons. The number of ether oxygens (including phenoxy) is 1. The van der Waals surface area contributed by atoms with Crippen molar-refractivity contribution in [1.82, 2.24) is 10.3 Å². The van der Waals surface area contributed by atoms with Crippen LogP contribution in [0, 0.1) is 10.1 Å². The molecule has 0 saturated carbocycles. The van der Waals surface area contributed by atoms with E-state index in [1.54, 1.807) is 19.5 Å². The van der Waals surface area contributed by atoms with Gasteiger partial charge in [0.25, 0.3) is 5.69 Å². The molecule has 1 aromatic heterocycles. The molecule has 8 nitrogen and oxygen atoms in total. The lowest BCUT2D eigenvalue weighted by molar-refractivity contribution is -0.384. The SMILES string of the molecule is COc1cccc(-c2ccc(CNC(=O)Nc3ccc([N+](=O)[O-])cc3)c3cnccc23)c1. The van der Waals surface area contributed by atoms with Gasteiger partial charge in [-0.25, -0.2) is 4.79 Å². The van der Waals surface area contributed by atoms with Crippen LogP contribution in [-0.2, 0) is 6.54 Å². The van der Waals surface area contributed by atoms with E-state index in [0.29, 0.717) is 12.2 Å². The van der Waals surface area contributed by atoms with E-state index in [1.165, 1.54) is 24.3 Å². The number of hydrogen-bond donors (Lipinski definition) is 2. The van der Waals surface area contributed by atoms with Crippen molar-refractivity contribution in [3.63, 3.8) is 0 Å². The van der Waals surface area contributed by atoms with E-state index in [9.17, 15) is 14.9 Å². The summed E-state index contributed by atoms with van der Waals surface area (Å²) in [6.07, 6.45) is 3.52. The van der Waals surface area contributed by atoms with Crippen LogP contribution in [0.25, 0.3) is 21.9 Å². The number of nitro benzene ring substituents is 1. The minimum Gasteiger partial charge on any atom is -0.497 e. The maximum absolute atomic E-state index is 12.3. The molecule has 1 heterocycles. The van der Waals surface area contributed by atoms with Gasteiger partial charge in [0.15, 0.2) is 0 Å². The van der Waals surface area contributed by atoms with Gasteiger partial charge in [-0.15, -0.1) is 0 Å². The Balaban J connectivity index is 1.52. The van der Waals surface area contributed by atoms with E-state index < -0.39 is 11.0 Å². The summed E-state index contributed by atoms with van der Waals surface area (Å²) in [5, 5.41) is 18.2. The van der Waals surface area contributed by atoms with Gasteiger partial charge in [0.1, 0.15) is 5.75 Å². The second-order valence-electron chi connectivity index (χ2n) is 7.04. The van der Waals surface area contributed by atoms with Crippen LogP contribution in [0.2, 0.25) is 0 Å². The first kappa shape index (κ1) is 20.8. The van der Waals surface area contributed by atoms with Crippen molar-refractivity contribution >= 4 is 28.2 Å². The maximum Gasteiger partial charge on any atom is 0.319 e. The number of non-ortho nitro benzene ring substituents is 1. The Labute approximate surface area is 184 Å². The number of aromatic nitrogens is 1. The average Bonchev–Trinajstić information content (AvgIpc) is 2.83. The lowest BCUT2D eigenvalue weighted by Crippen LogP contribution is -2.28. The number of hydrogen-bond acceptors (Lipinski definition) is 5. The Hall–Kier alpha value is -4.46. The van der Waals surface area contributed by atoms with Gasteiger partial charge in [0.2, 0.25) is 0 Å². The highest BCUT2D eigenvalue weighted by Gasteiger charge is 2.11. The van der Waals surface area contributed by atoms with Crippen LogP contribution in [0.15, 0.2) is 79.1 Å². The van der Waals surface area contributed by atoms with Crippen LogP contribution in [0.4, 0.5) is 16.2 Å². The number of nitrogens with one attached hydrogen (secondary N) is 2. The Morgan fingerprint density at radius 2 is 1.88 bits per heavy atom. The predicted molar refractivity (Wildman–Crippen MR) is 123 cm³/mol. The number of anilines is 1. The first-order valence-electron chi connectivity index (χ1n) is 9.84. The van der Waals surface area contributed by atoms with Crippen LogP contribution in [0.3, 0.4) is 0 Å². The summed E-state index contributed by atoms with van der Waals surface area (Å²) < 4.78 is 5.34. The molecule has 4 rings (SSSR count). The zero-order valence-electron chi connectivity index (χ0n) is 17.2. The molecule has 0 bridgehead atoms. The number of amides is 2. The van der Waals surface area contributed by atoms with Gasteiger partial charge in [0.05, 0.1) is 12.0 Å². The predicted octanol–water partition coefficient (Wildman–Crippen LogP) is 5.14. The number of rotatable bonds is 6. The molecule has 0 saturated heterocycles. The number of nitro groups is 1. The first-order valence-corrected chi connectivity index (χ1v) is 9.84. The lowest BCUT2D eigenvalue weighted by Gasteiger charge is -2.13. The third-order valence-corrected chi connectivity index (χ3v) is 5.06. The van der Waals surface area contributed by atoms with E-state index in [2.05, 4.69) is 15.6 Å². The molecule has 32 heavy (non-hydrogen) atoms. The molecule has 0 aliphatic heterocycles. The van der Waals surface area contributed by atoms with Gasteiger partial charge >= 0.3 is 6.03 Å². The third kappa shape index (κ3) is 4.49. The summed E-state index contributed by atoms with van der Waals surface area (Å²) in [4.78, 5) is 26.8. The molecular formula is C24H20N4O4. The minimum absolute atomic E-state index is 0.0361. The van der Waals surface area contributed by atoms with Crippen molar-refractivity contribution in [2.75, 3.05) is 12.4 Å². The summed E-state index contributed by atoms with van der Waals surface area (Å²) in [5.74, 6) is 0.776. The second kappa shape index (κ2) is 9.13. The topological polar surface area (TPSA) is 106 Å². The number of benzene rings is 3. The van der Waals surface area contributed by atoms with Gasteiger partial charge in [-0.2, -0.15) is 0 Å². The van der Waals surface area contributed by atoms with Crippen LogP contribution in [0.1, 0.15) is 5.56 Å². The Morgan fingerprint density at radius 3 is 2.62 bits per heavy atom. The molecule has 2 amide bonds. The standard InChI is InChI=1S/C24H20N4O4/c1-32-20-4-2-3-16(13-20)21-10-5-17(23-15-25-12-11-22(21)23)14-26-24(29)27-18-6-8-19(9-7-18)28(30)31/h2-13,15H,14H2,1H3,(H2,26,27,29). The number of carbonyl (C=O) groups is 1. The Morgan fingerprint density at radius 1 is 1.06 bits per heavy atom. The molecule has 0 aliphatic rings. The Kier molecular flexibility index (Phi) is 5.94. The lowest BCUT2D eigenvalue weighted by atomic mass is 9.96. The summed E-state index contributed by atoms with van der Waals surface area (Å²) in [6, 6.07) is 19.0.